The van der Waals surface area contributed by atoms with Gasteiger partial charge in [-0.2, -0.15) is 0 Å². The second kappa shape index (κ2) is 55.7. The van der Waals surface area contributed by atoms with E-state index in [9.17, 15) is 19.2 Å². The van der Waals surface area contributed by atoms with Gasteiger partial charge >= 0.3 is 0 Å². The van der Waals surface area contributed by atoms with Gasteiger partial charge in [-0.05, 0) is 87.8 Å². The summed E-state index contributed by atoms with van der Waals surface area (Å²) in [5, 5.41) is 0. The van der Waals surface area contributed by atoms with E-state index in [2.05, 4.69) is 41.5 Å². The Morgan fingerprint density at radius 1 is 0.224 bits per heavy atom. The van der Waals surface area contributed by atoms with Gasteiger partial charge in [0.1, 0.15) is 0 Å². The maximum atomic E-state index is 14.4. The highest BCUT2D eigenvalue weighted by Gasteiger charge is 2.21. The molecule has 2 aromatic carbocycles. The van der Waals surface area contributed by atoms with Crippen molar-refractivity contribution in [2.75, 3.05) is 0 Å². The van der Waals surface area contributed by atoms with Gasteiger partial charge in [0, 0.05) is 47.9 Å². The summed E-state index contributed by atoms with van der Waals surface area (Å²) in [4.78, 5) is 68.0. The molecular formula is C79H134N2O4. The highest BCUT2D eigenvalue weighted by atomic mass is 16.1. The van der Waals surface area contributed by atoms with Crippen molar-refractivity contribution in [3.63, 3.8) is 0 Å². The fraction of sp³-hybridized carbons (Fsp3) is 0.772. The van der Waals surface area contributed by atoms with Gasteiger partial charge in [0.2, 0.25) is 0 Å². The van der Waals surface area contributed by atoms with Crippen molar-refractivity contribution >= 4 is 45.9 Å². The Hall–Kier alpha value is -3.54. The third kappa shape index (κ3) is 39.9. The molecule has 0 fully saturated rings. The highest BCUT2D eigenvalue weighted by Crippen LogP contribution is 2.29. The number of benzene rings is 2. The lowest BCUT2D eigenvalue weighted by Crippen LogP contribution is -2.15. The molecule has 0 aliphatic heterocycles. The summed E-state index contributed by atoms with van der Waals surface area (Å²) in [6, 6.07) is 11.6. The predicted molar refractivity (Wildman–Crippen MR) is 372 cm³/mol. The number of unbranched alkanes of at least 4 members (excludes halogenated alkanes) is 43. The van der Waals surface area contributed by atoms with Crippen LogP contribution in [0.25, 0.3) is 0 Å². The molecule has 0 amide bonds. The SMILES string of the molecule is CCCCCCCCCCCCCC(=Nc1ccc(C(=O)CCCCCCCCCCC)c(C(=O)CCCCCCCCCCC)c1)C(CCCC)=Nc1ccc(C(=O)CCCCCCCCCCC)c(C(=O)CCCCCCCCCCC)c1. The molecule has 0 aliphatic rings. The van der Waals surface area contributed by atoms with Gasteiger partial charge in [-0.15, -0.1) is 0 Å². The highest BCUT2D eigenvalue weighted by molar-refractivity contribution is 6.43. The number of carbonyl (C=O) groups is 4. The number of rotatable bonds is 62. The Balaban J connectivity index is 2.60. The van der Waals surface area contributed by atoms with E-state index in [4.69, 9.17) is 9.98 Å². The summed E-state index contributed by atoms with van der Waals surface area (Å²) < 4.78 is 0. The summed E-state index contributed by atoms with van der Waals surface area (Å²) in [6.07, 6.45) is 61.8. The Bertz CT molecular complexity index is 2050. The largest absolute Gasteiger partial charge is 0.294 e. The number of nitrogens with zero attached hydrogens (tertiary/aromatic N) is 2. The van der Waals surface area contributed by atoms with Crippen LogP contribution < -0.4 is 0 Å². The molecule has 0 radical (unpaired) electrons. The van der Waals surface area contributed by atoms with E-state index in [1.807, 2.05) is 36.4 Å². The van der Waals surface area contributed by atoms with Crippen molar-refractivity contribution in [1.82, 2.24) is 0 Å². The Kier molecular flexibility index (Phi) is 50.9. The van der Waals surface area contributed by atoms with Crippen molar-refractivity contribution in [2.24, 2.45) is 9.98 Å². The Morgan fingerprint density at radius 2 is 0.412 bits per heavy atom. The van der Waals surface area contributed by atoms with E-state index < -0.39 is 0 Å². The van der Waals surface area contributed by atoms with Crippen molar-refractivity contribution in [1.29, 1.82) is 0 Å². The lowest BCUT2D eigenvalue weighted by atomic mass is 9.93. The van der Waals surface area contributed by atoms with E-state index in [1.165, 1.54) is 212 Å². The summed E-state index contributed by atoms with van der Waals surface area (Å²) >= 11 is 0. The van der Waals surface area contributed by atoms with Crippen LogP contribution in [0.4, 0.5) is 11.4 Å². The zero-order valence-corrected chi connectivity index (χ0v) is 56.9. The molecule has 0 spiro atoms. The molecule has 6 heteroatoms. The quantitative estimate of drug-likeness (QED) is 0.0375. The van der Waals surface area contributed by atoms with Gasteiger partial charge in [-0.3, -0.25) is 29.2 Å². The lowest BCUT2D eigenvalue weighted by molar-refractivity contribution is 0.0946. The second-order valence-corrected chi connectivity index (χ2v) is 26.0. The average Bonchev–Trinajstić information content (AvgIpc) is 3.71. The maximum absolute atomic E-state index is 14.4. The zero-order chi connectivity index (χ0) is 61.5. The summed E-state index contributed by atoms with van der Waals surface area (Å²) in [7, 11) is 0. The normalized spacial score (nSPS) is 12.0. The fourth-order valence-electron chi connectivity index (χ4n) is 12.2. The van der Waals surface area contributed by atoms with Crippen LogP contribution >= 0.6 is 0 Å². The van der Waals surface area contributed by atoms with Gasteiger partial charge in [0.15, 0.2) is 23.1 Å². The summed E-state index contributed by atoms with van der Waals surface area (Å²) in [5.41, 5.74) is 5.39. The van der Waals surface area contributed by atoms with Gasteiger partial charge < -0.3 is 0 Å². The van der Waals surface area contributed by atoms with E-state index in [1.54, 1.807) is 0 Å². The smallest absolute Gasteiger partial charge is 0.163 e. The Morgan fingerprint density at radius 3 is 0.647 bits per heavy atom. The minimum absolute atomic E-state index is 0.0485. The summed E-state index contributed by atoms with van der Waals surface area (Å²) in [5.74, 6) is 0.234. The van der Waals surface area contributed by atoms with E-state index in [-0.39, 0.29) is 23.1 Å². The van der Waals surface area contributed by atoms with Crippen molar-refractivity contribution < 1.29 is 19.2 Å². The van der Waals surface area contributed by atoms with Crippen LogP contribution in [0.5, 0.6) is 0 Å². The van der Waals surface area contributed by atoms with Crippen molar-refractivity contribution in [3.8, 4) is 0 Å². The first-order valence-electron chi connectivity index (χ1n) is 37.3. The molecule has 0 heterocycles. The van der Waals surface area contributed by atoms with Crippen molar-refractivity contribution in [3.05, 3.63) is 58.7 Å². The van der Waals surface area contributed by atoms with Crippen LogP contribution in [0.15, 0.2) is 46.4 Å². The molecule has 85 heavy (non-hydrogen) atoms. The summed E-state index contributed by atoms with van der Waals surface area (Å²) in [6.45, 7) is 13.5. The van der Waals surface area contributed by atoms with Crippen LogP contribution in [0.3, 0.4) is 0 Å². The number of Topliss-reactive ketones (excluding diaryl/α,β-unsaturated/α-hetero) is 4. The molecule has 6 nitrogen and oxygen atoms in total. The minimum Gasteiger partial charge on any atom is -0.294 e. The monoisotopic (exact) mass is 1180 g/mol. The third-order valence-corrected chi connectivity index (χ3v) is 17.9. The predicted octanol–water partition coefficient (Wildman–Crippen LogP) is 26.8. The molecule has 0 saturated carbocycles. The number of hydrogen-bond acceptors (Lipinski definition) is 6. The first kappa shape index (κ1) is 77.6. The third-order valence-electron chi connectivity index (χ3n) is 17.9. The van der Waals surface area contributed by atoms with Crippen LogP contribution in [-0.4, -0.2) is 34.6 Å². The molecule has 0 aliphatic carbocycles. The molecule has 484 valence electrons. The van der Waals surface area contributed by atoms with Gasteiger partial charge in [-0.1, -0.05) is 318 Å². The van der Waals surface area contributed by atoms with E-state index in [0.717, 1.165) is 127 Å². The topological polar surface area (TPSA) is 93.0 Å². The maximum Gasteiger partial charge on any atom is 0.163 e. The molecule has 0 N–H and O–H groups in total. The molecule has 0 bridgehead atoms. The van der Waals surface area contributed by atoms with Gasteiger partial charge in [-0.25, -0.2) is 0 Å². The van der Waals surface area contributed by atoms with Crippen LogP contribution in [-0.2, 0) is 0 Å². The van der Waals surface area contributed by atoms with Crippen LogP contribution in [0, 0.1) is 0 Å². The first-order valence-corrected chi connectivity index (χ1v) is 37.3. The number of aliphatic imine (C=N–C) groups is 2. The van der Waals surface area contributed by atoms with Gasteiger partial charge in [0.25, 0.3) is 0 Å². The molecule has 0 atom stereocenters. The molecule has 0 unspecified atom stereocenters. The standard InChI is InChI=1S/C79H134N2O4/c1-7-13-19-24-29-34-35-40-41-46-51-57-75(81-69-63-65-71(77(83)59-53-48-43-37-31-26-21-15-9-3)73(67-69)79(85)61-55-50-45-39-33-28-23-17-11-5)74(56-18-12-6)80-68-62-64-70(76(82)58-52-47-42-36-30-25-20-14-8-2)72(66-68)78(84)60-54-49-44-38-32-27-22-16-10-4/h62-67H,7-61H2,1-6H3. The minimum atomic E-state index is 0.0485. The van der Waals surface area contributed by atoms with Gasteiger partial charge in [0.05, 0.1) is 22.8 Å². The van der Waals surface area contributed by atoms with Crippen molar-refractivity contribution in [2.45, 2.75) is 395 Å². The molecule has 0 saturated heterocycles. The van der Waals surface area contributed by atoms with Crippen LogP contribution in [0.1, 0.15) is 436 Å². The first-order chi connectivity index (χ1) is 41.7. The Labute approximate surface area is 525 Å². The van der Waals surface area contributed by atoms with Crippen LogP contribution in [0.2, 0.25) is 0 Å². The number of hydrogen-bond donors (Lipinski definition) is 0. The molecule has 2 rings (SSSR count). The average molecular weight is 1180 g/mol. The molecular weight excluding hydrogens is 1040 g/mol. The van der Waals surface area contributed by atoms with E-state index >= 15 is 0 Å². The number of carbonyl (C=O) groups excluding carboxylic acids is 4. The van der Waals surface area contributed by atoms with E-state index in [0.29, 0.717) is 59.3 Å². The zero-order valence-electron chi connectivity index (χ0n) is 56.9. The fourth-order valence-corrected chi connectivity index (χ4v) is 12.2. The molecule has 0 aromatic heterocycles. The lowest BCUT2D eigenvalue weighted by Gasteiger charge is -2.14. The number of ketones is 4. The molecule has 2 aromatic rings. The second-order valence-electron chi connectivity index (χ2n) is 26.0.